The van der Waals surface area contributed by atoms with E-state index in [0.29, 0.717) is 17.5 Å². The molecule has 0 unspecified atom stereocenters. The summed E-state index contributed by atoms with van der Waals surface area (Å²) < 4.78 is 0. The van der Waals surface area contributed by atoms with Crippen molar-refractivity contribution in [2.75, 3.05) is 10.6 Å². The van der Waals surface area contributed by atoms with Crippen molar-refractivity contribution in [1.82, 2.24) is 0 Å². The van der Waals surface area contributed by atoms with E-state index in [1.807, 2.05) is 48.5 Å². The second-order valence-corrected chi connectivity index (χ2v) is 11.9. The first-order valence-electron chi connectivity index (χ1n) is 12.7. The van der Waals surface area contributed by atoms with E-state index < -0.39 is 0 Å². The number of carbonyl (C=O) groups is 2. The molecular weight excluding hydrogens is 444 g/mol. The lowest BCUT2D eigenvalue weighted by molar-refractivity contribution is -0.118. The van der Waals surface area contributed by atoms with Gasteiger partial charge in [0.1, 0.15) is 0 Å². The summed E-state index contributed by atoms with van der Waals surface area (Å²) in [6, 6.07) is 23.4. The normalized spacial score (nSPS) is 18.9. The minimum absolute atomic E-state index is 0.0204. The van der Waals surface area contributed by atoms with Crippen LogP contribution in [0.5, 0.6) is 0 Å². The molecule has 1 aliphatic heterocycles. The van der Waals surface area contributed by atoms with Crippen LogP contribution >= 0.6 is 0 Å². The minimum atomic E-state index is -0.262. The Balaban J connectivity index is 1.59. The van der Waals surface area contributed by atoms with E-state index in [9.17, 15) is 9.59 Å². The van der Waals surface area contributed by atoms with Gasteiger partial charge in [0.25, 0.3) is 0 Å². The molecule has 2 aliphatic rings. The Morgan fingerprint density at radius 2 is 1.56 bits per heavy atom. The van der Waals surface area contributed by atoms with Crippen LogP contribution in [0.2, 0.25) is 0 Å². The molecule has 0 bridgehead atoms. The van der Waals surface area contributed by atoms with E-state index in [0.717, 1.165) is 34.6 Å². The summed E-state index contributed by atoms with van der Waals surface area (Å²) in [6.45, 7) is 10.9. The van der Waals surface area contributed by atoms with Gasteiger partial charge in [-0.25, -0.2) is 0 Å². The smallest absolute Gasteiger partial charge is 0.193 e. The second kappa shape index (κ2) is 8.77. The third kappa shape index (κ3) is 4.60. The van der Waals surface area contributed by atoms with Gasteiger partial charge >= 0.3 is 0 Å². The number of benzene rings is 3. The number of allylic oxidation sites excluding steroid dienone is 1. The topological polar surface area (TPSA) is 58.2 Å². The van der Waals surface area contributed by atoms with E-state index in [1.54, 1.807) is 0 Å². The highest BCUT2D eigenvalue weighted by molar-refractivity contribution is 6.10. The zero-order chi connectivity index (χ0) is 25.7. The largest absolute Gasteiger partial charge is 0.372 e. The molecule has 0 fully saturated rings. The molecule has 0 saturated heterocycles. The average molecular weight is 479 g/mol. The lowest BCUT2D eigenvalue weighted by Crippen LogP contribution is -2.31. The zero-order valence-corrected chi connectivity index (χ0v) is 21.7. The molecule has 0 radical (unpaired) electrons. The van der Waals surface area contributed by atoms with Gasteiger partial charge in [0.05, 0.1) is 17.4 Å². The fourth-order valence-electron chi connectivity index (χ4n) is 5.27. The van der Waals surface area contributed by atoms with Crippen LogP contribution in [0, 0.1) is 5.41 Å². The first-order valence-corrected chi connectivity index (χ1v) is 12.7. The van der Waals surface area contributed by atoms with Gasteiger partial charge in [-0.05, 0) is 46.6 Å². The Kier molecular flexibility index (Phi) is 5.86. The molecule has 36 heavy (non-hydrogen) atoms. The lowest BCUT2D eigenvalue weighted by atomic mass is 9.73. The number of fused-ring (bicyclic) bond motifs is 1. The van der Waals surface area contributed by atoms with Gasteiger partial charge in [-0.1, -0.05) is 89.2 Å². The maximum atomic E-state index is 13.5. The van der Waals surface area contributed by atoms with Crippen molar-refractivity contribution in [3.8, 4) is 0 Å². The lowest BCUT2D eigenvalue weighted by Gasteiger charge is -2.34. The van der Waals surface area contributed by atoms with Crippen LogP contribution in [-0.2, 0) is 10.2 Å². The Morgan fingerprint density at radius 1 is 0.861 bits per heavy atom. The van der Waals surface area contributed by atoms with Crippen LogP contribution in [0.15, 0.2) is 84.1 Å². The molecular formula is C32H34N2O2. The molecule has 0 spiro atoms. The van der Waals surface area contributed by atoms with E-state index in [2.05, 4.69) is 69.5 Å². The second-order valence-electron chi connectivity index (χ2n) is 11.9. The Labute approximate surface area is 213 Å². The molecule has 1 atom stereocenters. The summed E-state index contributed by atoms with van der Waals surface area (Å²) in [7, 11) is 0. The molecule has 1 aliphatic carbocycles. The number of carbonyl (C=O) groups excluding carboxylic acids is 2. The van der Waals surface area contributed by atoms with Gasteiger partial charge in [0.2, 0.25) is 0 Å². The molecule has 1 heterocycles. The molecule has 184 valence electrons. The summed E-state index contributed by atoms with van der Waals surface area (Å²) in [6.07, 6.45) is 1.28. The molecule has 2 N–H and O–H groups in total. The average Bonchev–Trinajstić information content (AvgIpc) is 2.99. The predicted molar refractivity (Wildman–Crippen MR) is 146 cm³/mol. The monoisotopic (exact) mass is 478 g/mol. The maximum absolute atomic E-state index is 13.5. The van der Waals surface area contributed by atoms with Crippen molar-refractivity contribution in [2.45, 2.75) is 58.9 Å². The number of hydrogen-bond acceptors (Lipinski definition) is 4. The third-order valence-corrected chi connectivity index (χ3v) is 7.22. The van der Waals surface area contributed by atoms with Crippen molar-refractivity contribution in [3.63, 3.8) is 0 Å². The van der Waals surface area contributed by atoms with Crippen LogP contribution in [0.25, 0.3) is 0 Å². The summed E-state index contributed by atoms with van der Waals surface area (Å²) in [5, 5.41) is 7.22. The highest BCUT2D eigenvalue weighted by Crippen LogP contribution is 2.45. The molecule has 0 aromatic heterocycles. The fraction of sp³-hybridized carbons (Fsp3) is 0.312. The quantitative estimate of drug-likeness (QED) is 0.384. The highest BCUT2D eigenvalue weighted by atomic mass is 16.1. The molecule has 4 heteroatoms. The first kappa shape index (κ1) is 24.1. The fourth-order valence-corrected chi connectivity index (χ4v) is 5.27. The van der Waals surface area contributed by atoms with E-state index in [1.165, 1.54) is 5.56 Å². The van der Waals surface area contributed by atoms with Crippen LogP contribution in [-0.4, -0.2) is 11.6 Å². The summed E-state index contributed by atoms with van der Waals surface area (Å²) >= 11 is 0. The molecule has 3 aromatic rings. The van der Waals surface area contributed by atoms with Crippen LogP contribution < -0.4 is 10.6 Å². The molecule has 0 saturated carbocycles. The molecule has 5 rings (SSSR count). The van der Waals surface area contributed by atoms with E-state index >= 15 is 0 Å². The maximum Gasteiger partial charge on any atom is 0.193 e. The van der Waals surface area contributed by atoms with Crippen molar-refractivity contribution < 1.29 is 9.59 Å². The zero-order valence-electron chi connectivity index (χ0n) is 21.7. The van der Waals surface area contributed by atoms with Gasteiger partial charge in [-0.3, -0.25) is 9.59 Å². The van der Waals surface area contributed by atoms with Gasteiger partial charge in [0.15, 0.2) is 11.6 Å². The van der Waals surface area contributed by atoms with Crippen molar-refractivity contribution in [3.05, 3.63) is 106 Å². The SMILES string of the molecule is CC1(C)CC(=O)C2=C(C1)Nc1cc(C(=O)c3ccccc3)ccc1N[C@@H]2c1ccc(C(C)(C)C)cc1. The van der Waals surface area contributed by atoms with Crippen LogP contribution in [0.3, 0.4) is 0 Å². The van der Waals surface area contributed by atoms with Gasteiger partial charge in [0, 0.05) is 28.8 Å². The standard InChI is InChI=1S/C32H34N2O2/c1-31(2,3)23-14-11-20(12-15-23)29-28-26(18-32(4,5)19-27(28)35)33-25-17-22(13-16-24(25)34-29)30(36)21-9-7-6-8-10-21/h6-17,29,33-34H,18-19H2,1-5H3/t29-/m1/s1. The van der Waals surface area contributed by atoms with Gasteiger partial charge < -0.3 is 10.6 Å². The number of rotatable bonds is 3. The first-order chi connectivity index (χ1) is 17.0. The number of ketones is 2. The minimum Gasteiger partial charge on any atom is -0.372 e. The number of hydrogen-bond donors (Lipinski definition) is 2. The van der Waals surface area contributed by atoms with E-state index in [4.69, 9.17) is 0 Å². The number of Topliss-reactive ketones (excluding diaryl/α,β-unsaturated/α-hetero) is 1. The molecule has 3 aromatic carbocycles. The summed E-state index contributed by atoms with van der Waals surface area (Å²) in [5.41, 5.74) is 6.95. The van der Waals surface area contributed by atoms with Crippen LogP contribution in [0.1, 0.15) is 80.6 Å². The molecule has 4 nitrogen and oxygen atoms in total. The Morgan fingerprint density at radius 3 is 2.22 bits per heavy atom. The summed E-state index contributed by atoms with van der Waals surface area (Å²) in [5.74, 6) is 0.146. The number of nitrogens with one attached hydrogen (secondary N) is 2. The third-order valence-electron chi connectivity index (χ3n) is 7.22. The highest BCUT2D eigenvalue weighted by Gasteiger charge is 2.38. The van der Waals surface area contributed by atoms with E-state index in [-0.39, 0.29) is 28.4 Å². The van der Waals surface area contributed by atoms with Gasteiger partial charge in [-0.15, -0.1) is 0 Å². The number of anilines is 2. The Bertz CT molecular complexity index is 1360. The van der Waals surface area contributed by atoms with Crippen LogP contribution in [0.4, 0.5) is 11.4 Å². The Hall–Kier alpha value is -3.66. The summed E-state index contributed by atoms with van der Waals surface area (Å²) in [4.78, 5) is 26.7. The van der Waals surface area contributed by atoms with Crippen molar-refractivity contribution in [2.24, 2.45) is 5.41 Å². The van der Waals surface area contributed by atoms with Gasteiger partial charge in [-0.2, -0.15) is 0 Å². The molecule has 0 amide bonds. The van der Waals surface area contributed by atoms with Crippen molar-refractivity contribution >= 4 is 22.9 Å². The van der Waals surface area contributed by atoms with Crippen molar-refractivity contribution in [1.29, 1.82) is 0 Å². The predicted octanol–water partition coefficient (Wildman–Crippen LogP) is 7.44.